The average molecular weight is 208 g/mol. The van der Waals surface area contributed by atoms with E-state index in [1.165, 1.54) is 12.1 Å². The Bertz CT molecular complexity index is 469. The van der Waals surface area contributed by atoms with Crippen LogP contribution in [0.4, 0.5) is 4.39 Å². The van der Waals surface area contributed by atoms with Crippen LogP contribution in [0.3, 0.4) is 0 Å². The molecule has 0 saturated carbocycles. The number of nitrogens with one attached hydrogen (secondary N) is 2. The molecule has 4 heteroatoms. The van der Waals surface area contributed by atoms with Gasteiger partial charge in [-0.2, -0.15) is 0 Å². The third-order valence-electron chi connectivity index (χ3n) is 1.96. The van der Waals surface area contributed by atoms with Gasteiger partial charge in [-0.25, -0.2) is 4.39 Å². The summed E-state index contributed by atoms with van der Waals surface area (Å²) in [5.41, 5.74) is 2.05. The Morgan fingerprint density at radius 1 is 1.21 bits per heavy atom. The van der Waals surface area contributed by atoms with Crippen molar-refractivity contribution in [1.82, 2.24) is 9.97 Å². The van der Waals surface area contributed by atoms with Crippen LogP contribution in [0.1, 0.15) is 11.3 Å². The molecule has 0 spiro atoms. The van der Waals surface area contributed by atoms with E-state index in [1.807, 2.05) is 6.20 Å². The lowest BCUT2D eigenvalue weighted by molar-refractivity contribution is 0.627. The van der Waals surface area contributed by atoms with Gasteiger partial charge >= 0.3 is 0 Å². The van der Waals surface area contributed by atoms with Gasteiger partial charge in [0, 0.05) is 18.3 Å². The van der Waals surface area contributed by atoms with Gasteiger partial charge in [-0.05, 0) is 29.9 Å². The van der Waals surface area contributed by atoms with Crippen molar-refractivity contribution < 1.29 is 4.39 Å². The van der Waals surface area contributed by atoms with Crippen molar-refractivity contribution in [1.29, 1.82) is 0 Å². The molecule has 0 radical (unpaired) electrons. The van der Waals surface area contributed by atoms with Crippen LogP contribution in [-0.4, -0.2) is 9.97 Å². The van der Waals surface area contributed by atoms with Crippen LogP contribution in [0.5, 0.6) is 0 Å². The summed E-state index contributed by atoms with van der Waals surface area (Å²) in [6.07, 6.45) is 2.55. The van der Waals surface area contributed by atoms with Crippen LogP contribution in [0.25, 0.3) is 0 Å². The number of H-pyrrole nitrogens is 2. The molecule has 0 saturated heterocycles. The molecule has 2 rings (SSSR count). The molecular formula is C10H9FN2S. The van der Waals surface area contributed by atoms with E-state index in [-0.39, 0.29) is 5.82 Å². The van der Waals surface area contributed by atoms with Gasteiger partial charge in [0.05, 0.1) is 0 Å². The van der Waals surface area contributed by atoms with Crippen molar-refractivity contribution in [2.45, 2.75) is 6.42 Å². The number of benzene rings is 1. The van der Waals surface area contributed by atoms with Crippen LogP contribution in [-0.2, 0) is 6.42 Å². The maximum Gasteiger partial charge on any atom is 0.174 e. The Morgan fingerprint density at radius 2 is 1.93 bits per heavy atom. The van der Waals surface area contributed by atoms with E-state index >= 15 is 0 Å². The van der Waals surface area contributed by atoms with Gasteiger partial charge in [0.1, 0.15) is 5.82 Å². The first-order valence-electron chi connectivity index (χ1n) is 4.25. The highest BCUT2D eigenvalue weighted by Gasteiger charge is 1.97. The fourth-order valence-electron chi connectivity index (χ4n) is 1.29. The van der Waals surface area contributed by atoms with E-state index in [0.717, 1.165) is 17.7 Å². The van der Waals surface area contributed by atoms with Gasteiger partial charge in [0.25, 0.3) is 0 Å². The largest absolute Gasteiger partial charge is 0.337 e. The molecular weight excluding hydrogens is 199 g/mol. The van der Waals surface area contributed by atoms with Crippen molar-refractivity contribution in [3.63, 3.8) is 0 Å². The Morgan fingerprint density at radius 3 is 2.50 bits per heavy atom. The summed E-state index contributed by atoms with van der Waals surface area (Å²) in [4.78, 5) is 5.89. The van der Waals surface area contributed by atoms with Crippen molar-refractivity contribution in [3.05, 3.63) is 52.3 Å². The summed E-state index contributed by atoms with van der Waals surface area (Å²) in [5.74, 6) is -0.212. The smallest absolute Gasteiger partial charge is 0.174 e. The molecule has 0 aliphatic heterocycles. The predicted octanol–water partition coefficient (Wildman–Crippen LogP) is 2.80. The Labute approximate surface area is 85.8 Å². The summed E-state index contributed by atoms with van der Waals surface area (Å²) in [7, 11) is 0. The molecule has 72 valence electrons. The van der Waals surface area contributed by atoms with Crippen LogP contribution >= 0.6 is 12.2 Å². The number of aromatic nitrogens is 2. The second-order valence-electron chi connectivity index (χ2n) is 3.07. The summed E-state index contributed by atoms with van der Waals surface area (Å²) >= 11 is 4.90. The molecule has 2 aromatic rings. The van der Waals surface area contributed by atoms with Gasteiger partial charge in [-0.15, -0.1) is 0 Å². The number of imidazole rings is 1. The highest BCUT2D eigenvalue weighted by atomic mass is 32.1. The van der Waals surface area contributed by atoms with Gasteiger partial charge in [0.2, 0.25) is 0 Å². The van der Waals surface area contributed by atoms with Gasteiger partial charge in [-0.1, -0.05) is 12.1 Å². The van der Waals surface area contributed by atoms with Gasteiger partial charge in [-0.3, -0.25) is 0 Å². The van der Waals surface area contributed by atoms with Crippen molar-refractivity contribution in [3.8, 4) is 0 Å². The summed E-state index contributed by atoms with van der Waals surface area (Å²) in [6.45, 7) is 0. The molecule has 0 amide bonds. The summed E-state index contributed by atoms with van der Waals surface area (Å²) in [6, 6.07) is 6.44. The van der Waals surface area contributed by atoms with Crippen molar-refractivity contribution in [2.24, 2.45) is 0 Å². The van der Waals surface area contributed by atoms with Gasteiger partial charge in [0.15, 0.2) is 4.77 Å². The third kappa shape index (κ3) is 2.09. The quantitative estimate of drug-likeness (QED) is 0.731. The standard InChI is InChI=1S/C10H9FN2S/c11-8-3-1-7(2-4-8)5-9-6-12-10(14)13-9/h1-4,6H,5H2,(H2,12,13,14). The molecule has 0 fully saturated rings. The molecule has 14 heavy (non-hydrogen) atoms. The first kappa shape index (κ1) is 9.15. The molecule has 2 nitrogen and oxygen atoms in total. The molecule has 1 aromatic heterocycles. The van der Waals surface area contributed by atoms with Crippen molar-refractivity contribution >= 4 is 12.2 Å². The van der Waals surface area contributed by atoms with Crippen LogP contribution in [0, 0.1) is 10.6 Å². The minimum Gasteiger partial charge on any atom is -0.337 e. The van der Waals surface area contributed by atoms with E-state index in [2.05, 4.69) is 9.97 Å². The number of halogens is 1. The van der Waals surface area contributed by atoms with E-state index in [1.54, 1.807) is 12.1 Å². The second-order valence-corrected chi connectivity index (χ2v) is 3.48. The number of hydrogen-bond donors (Lipinski definition) is 2. The molecule has 2 N–H and O–H groups in total. The molecule has 1 aromatic carbocycles. The zero-order valence-corrected chi connectivity index (χ0v) is 8.20. The maximum absolute atomic E-state index is 12.6. The summed E-state index contributed by atoms with van der Waals surface area (Å²) < 4.78 is 13.2. The normalized spacial score (nSPS) is 10.4. The van der Waals surface area contributed by atoms with Gasteiger partial charge < -0.3 is 9.97 Å². The molecule has 0 aliphatic carbocycles. The zero-order chi connectivity index (χ0) is 9.97. The SMILES string of the molecule is Fc1ccc(Cc2c[nH]c(=S)[nH]2)cc1. The number of aromatic amines is 2. The zero-order valence-electron chi connectivity index (χ0n) is 7.38. The lowest BCUT2D eigenvalue weighted by atomic mass is 10.1. The number of hydrogen-bond acceptors (Lipinski definition) is 1. The van der Waals surface area contributed by atoms with Crippen LogP contribution in [0.2, 0.25) is 0 Å². The van der Waals surface area contributed by atoms with Crippen LogP contribution in [0.15, 0.2) is 30.5 Å². The Kier molecular flexibility index (Phi) is 2.45. The molecule has 0 unspecified atom stereocenters. The first-order valence-corrected chi connectivity index (χ1v) is 4.66. The molecule has 0 aliphatic rings. The first-order chi connectivity index (χ1) is 6.74. The highest BCUT2D eigenvalue weighted by Crippen LogP contribution is 2.07. The Balaban J connectivity index is 2.19. The second kappa shape index (κ2) is 3.75. The topological polar surface area (TPSA) is 31.6 Å². The van der Waals surface area contributed by atoms with E-state index in [0.29, 0.717) is 4.77 Å². The minimum atomic E-state index is -0.212. The van der Waals surface area contributed by atoms with E-state index < -0.39 is 0 Å². The van der Waals surface area contributed by atoms with Crippen LogP contribution < -0.4 is 0 Å². The monoisotopic (exact) mass is 208 g/mol. The van der Waals surface area contributed by atoms with E-state index in [4.69, 9.17) is 12.2 Å². The fraction of sp³-hybridized carbons (Fsp3) is 0.100. The highest BCUT2D eigenvalue weighted by molar-refractivity contribution is 7.71. The molecule has 0 bridgehead atoms. The van der Waals surface area contributed by atoms with Crippen molar-refractivity contribution in [2.75, 3.05) is 0 Å². The average Bonchev–Trinajstić information content (AvgIpc) is 2.56. The third-order valence-corrected chi connectivity index (χ3v) is 2.18. The Hall–Kier alpha value is -1.42. The predicted molar refractivity (Wildman–Crippen MR) is 55.2 cm³/mol. The fourth-order valence-corrected chi connectivity index (χ4v) is 1.48. The minimum absolute atomic E-state index is 0.212. The molecule has 1 heterocycles. The maximum atomic E-state index is 12.6. The molecule has 0 atom stereocenters. The summed E-state index contributed by atoms with van der Waals surface area (Å²) in [5, 5.41) is 0. The lowest BCUT2D eigenvalue weighted by Gasteiger charge is -1.97. The van der Waals surface area contributed by atoms with E-state index in [9.17, 15) is 4.39 Å². The number of rotatable bonds is 2. The lowest BCUT2D eigenvalue weighted by Crippen LogP contribution is -1.88.